The molecule has 8 nitrogen and oxygen atoms in total. The van der Waals surface area contributed by atoms with Gasteiger partial charge in [0.15, 0.2) is 0 Å². The standard InChI is InChI=1S/C24H19FN6O2S/c1-14-20-18(12-19(28-22(20)33-29-14)15-2-4-16(25)5-3-15)24(32)31-9-7-30(8-10-31)21-17-6-11-34-23(17)27-13-26-21/h2-6,11-13H,7-10H2,1H3. The van der Waals surface area contributed by atoms with Gasteiger partial charge in [-0.05, 0) is 48.7 Å². The zero-order valence-electron chi connectivity index (χ0n) is 18.2. The fourth-order valence-electron chi connectivity index (χ4n) is 4.35. The molecule has 0 radical (unpaired) electrons. The first kappa shape index (κ1) is 20.7. The number of benzene rings is 1. The van der Waals surface area contributed by atoms with Crippen LogP contribution in [-0.4, -0.2) is 57.1 Å². The average molecular weight is 475 g/mol. The third-order valence-corrected chi connectivity index (χ3v) is 6.92. The third-order valence-electron chi connectivity index (χ3n) is 6.09. The first-order chi connectivity index (χ1) is 16.6. The molecule has 0 N–H and O–H groups in total. The smallest absolute Gasteiger partial charge is 0.259 e. The maximum atomic E-state index is 13.6. The number of hydrogen-bond acceptors (Lipinski definition) is 8. The number of hydrogen-bond donors (Lipinski definition) is 0. The highest BCUT2D eigenvalue weighted by molar-refractivity contribution is 7.16. The number of carbonyl (C=O) groups excluding carboxylic acids is 1. The Hall–Kier alpha value is -3.92. The molecular formula is C24H19FN6O2S. The van der Waals surface area contributed by atoms with E-state index in [0.717, 1.165) is 16.0 Å². The number of aryl methyl sites for hydroxylation is 1. The van der Waals surface area contributed by atoms with Crippen LogP contribution in [0, 0.1) is 12.7 Å². The second-order valence-corrected chi connectivity index (χ2v) is 9.02. The van der Waals surface area contributed by atoms with Crippen LogP contribution >= 0.6 is 11.3 Å². The highest BCUT2D eigenvalue weighted by Gasteiger charge is 2.27. The van der Waals surface area contributed by atoms with Gasteiger partial charge in [0.05, 0.1) is 27.7 Å². The number of fused-ring (bicyclic) bond motifs is 2. The summed E-state index contributed by atoms with van der Waals surface area (Å²) in [5, 5.41) is 7.67. The molecule has 0 saturated carbocycles. The Morgan fingerprint density at radius 2 is 1.88 bits per heavy atom. The average Bonchev–Trinajstić information content (AvgIpc) is 3.50. The lowest BCUT2D eigenvalue weighted by atomic mass is 10.0. The van der Waals surface area contributed by atoms with Gasteiger partial charge in [-0.25, -0.2) is 19.3 Å². The van der Waals surface area contributed by atoms with Gasteiger partial charge in [-0.1, -0.05) is 5.16 Å². The number of aromatic nitrogens is 4. The van der Waals surface area contributed by atoms with E-state index in [0.29, 0.717) is 59.8 Å². The number of pyridine rings is 1. The molecule has 34 heavy (non-hydrogen) atoms. The van der Waals surface area contributed by atoms with E-state index in [9.17, 15) is 9.18 Å². The molecule has 4 aromatic heterocycles. The van der Waals surface area contributed by atoms with Crippen LogP contribution in [0.1, 0.15) is 16.1 Å². The summed E-state index contributed by atoms with van der Waals surface area (Å²) in [5.41, 5.74) is 2.61. The fourth-order valence-corrected chi connectivity index (χ4v) is 5.08. The normalized spacial score (nSPS) is 14.3. The Balaban J connectivity index is 1.30. The summed E-state index contributed by atoms with van der Waals surface area (Å²) >= 11 is 1.59. The van der Waals surface area contributed by atoms with E-state index in [4.69, 9.17) is 4.52 Å². The molecule has 1 amide bonds. The molecule has 10 heteroatoms. The van der Waals surface area contributed by atoms with E-state index in [1.807, 2.05) is 16.3 Å². The number of rotatable bonds is 3. The van der Waals surface area contributed by atoms with Crippen molar-refractivity contribution in [3.8, 4) is 11.3 Å². The maximum Gasteiger partial charge on any atom is 0.259 e. The van der Waals surface area contributed by atoms with Crippen molar-refractivity contribution in [1.29, 1.82) is 0 Å². The van der Waals surface area contributed by atoms with Crippen molar-refractivity contribution < 1.29 is 13.7 Å². The van der Waals surface area contributed by atoms with Crippen LogP contribution in [0.2, 0.25) is 0 Å². The largest absolute Gasteiger partial charge is 0.352 e. The maximum absolute atomic E-state index is 13.6. The Labute approximate surface area is 197 Å². The van der Waals surface area contributed by atoms with E-state index >= 15 is 0 Å². The first-order valence-electron chi connectivity index (χ1n) is 10.8. The topological polar surface area (TPSA) is 88.3 Å². The fraction of sp³-hybridized carbons (Fsp3) is 0.208. The first-order valence-corrected chi connectivity index (χ1v) is 11.7. The van der Waals surface area contributed by atoms with Gasteiger partial charge < -0.3 is 14.3 Å². The summed E-state index contributed by atoms with van der Waals surface area (Å²) in [7, 11) is 0. The number of nitrogens with zero attached hydrogens (tertiary/aromatic N) is 6. The molecule has 1 aromatic carbocycles. The van der Waals surface area contributed by atoms with Crippen molar-refractivity contribution in [2.45, 2.75) is 6.92 Å². The molecule has 1 fully saturated rings. The Morgan fingerprint density at radius 3 is 2.68 bits per heavy atom. The molecule has 1 aliphatic heterocycles. The molecular weight excluding hydrogens is 455 g/mol. The molecule has 0 atom stereocenters. The molecule has 170 valence electrons. The van der Waals surface area contributed by atoms with Crippen molar-refractivity contribution in [2.75, 3.05) is 31.1 Å². The van der Waals surface area contributed by atoms with Gasteiger partial charge in [0.25, 0.3) is 11.6 Å². The number of piperazine rings is 1. The molecule has 5 heterocycles. The van der Waals surface area contributed by atoms with Gasteiger partial charge in [-0.2, -0.15) is 0 Å². The second kappa shape index (κ2) is 8.14. The van der Waals surface area contributed by atoms with Crippen molar-refractivity contribution in [1.82, 2.24) is 25.0 Å². The van der Waals surface area contributed by atoms with Crippen LogP contribution < -0.4 is 4.90 Å². The molecule has 0 spiro atoms. The lowest BCUT2D eigenvalue weighted by Crippen LogP contribution is -2.49. The van der Waals surface area contributed by atoms with Gasteiger partial charge in [0, 0.05) is 31.7 Å². The highest BCUT2D eigenvalue weighted by Crippen LogP contribution is 2.30. The molecule has 6 rings (SSSR count). The van der Waals surface area contributed by atoms with Crippen LogP contribution in [0.4, 0.5) is 10.2 Å². The number of thiophene rings is 1. The summed E-state index contributed by atoms with van der Waals surface area (Å²) < 4.78 is 18.8. The van der Waals surface area contributed by atoms with E-state index < -0.39 is 0 Å². The highest BCUT2D eigenvalue weighted by atomic mass is 32.1. The zero-order valence-corrected chi connectivity index (χ0v) is 19.0. The van der Waals surface area contributed by atoms with Gasteiger partial charge in [-0.15, -0.1) is 11.3 Å². The van der Waals surface area contributed by atoms with Gasteiger partial charge in [0.1, 0.15) is 22.8 Å². The van der Waals surface area contributed by atoms with Crippen molar-refractivity contribution in [3.05, 3.63) is 65.2 Å². The minimum Gasteiger partial charge on any atom is -0.352 e. The molecule has 1 saturated heterocycles. The number of amides is 1. The van der Waals surface area contributed by atoms with Crippen LogP contribution in [0.15, 0.2) is 52.6 Å². The molecule has 5 aromatic rings. The number of halogens is 1. The predicted molar refractivity (Wildman–Crippen MR) is 127 cm³/mol. The van der Waals surface area contributed by atoms with Crippen molar-refractivity contribution >= 4 is 44.4 Å². The summed E-state index contributed by atoms with van der Waals surface area (Å²) in [6.07, 6.45) is 1.59. The number of anilines is 1. The lowest BCUT2D eigenvalue weighted by molar-refractivity contribution is 0.0748. The molecule has 0 bridgehead atoms. The van der Waals surface area contributed by atoms with Gasteiger partial charge in [-0.3, -0.25) is 4.79 Å². The number of carbonyl (C=O) groups is 1. The Bertz CT molecular complexity index is 1520. The quantitative estimate of drug-likeness (QED) is 0.385. The van der Waals surface area contributed by atoms with Crippen LogP contribution in [-0.2, 0) is 0 Å². The van der Waals surface area contributed by atoms with E-state index in [1.165, 1.54) is 12.1 Å². The van der Waals surface area contributed by atoms with Crippen molar-refractivity contribution in [2.24, 2.45) is 0 Å². The minimum atomic E-state index is -0.335. The zero-order chi connectivity index (χ0) is 23.2. The molecule has 1 aliphatic rings. The third kappa shape index (κ3) is 3.47. The second-order valence-electron chi connectivity index (χ2n) is 8.13. The van der Waals surface area contributed by atoms with Gasteiger partial charge >= 0.3 is 0 Å². The van der Waals surface area contributed by atoms with Gasteiger partial charge in [0.2, 0.25) is 0 Å². The predicted octanol–water partition coefficient (Wildman–Crippen LogP) is 4.30. The van der Waals surface area contributed by atoms with Crippen molar-refractivity contribution in [3.63, 3.8) is 0 Å². The van der Waals surface area contributed by atoms with E-state index in [2.05, 4.69) is 25.0 Å². The summed E-state index contributed by atoms with van der Waals surface area (Å²) in [6, 6.07) is 9.77. The SMILES string of the molecule is Cc1noc2nc(-c3ccc(F)cc3)cc(C(=O)N3CCN(c4ncnc5sccc45)CC3)c12. The van der Waals surface area contributed by atoms with Crippen LogP contribution in [0.3, 0.4) is 0 Å². The van der Waals surface area contributed by atoms with Crippen LogP contribution in [0.5, 0.6) is 0 Å². The lowest BCUT2D eigenvalue weighted by Gasteiger charge is -2.35. The molecule has 0 aliphatic carbocycles. The summed E-state index contributed by atoms with van der Waals surface area (Å²) in [6.45, 7) is 4.22. The van der Waals surface area contributed by atoms with E-state index in [1.54, 1.807) is 42.8 Å². The minimum absolute atomic E-state index is 0.106. The monoisotopic (exact) mass is 474 g/mol. The molecule has 0 unspecified atom stereocenters. The Morgan fingerprint density at radius 1 is 1.09 bits per heavy atom. The summed E-state index contributed by atoms with van der Waals surface area (Å²) in [4.78, 5) is 32.0. The summed E-state index contributed by atoms with van der Waals surface area (Å²) in [5.74, 6) is 0.459. The van der Waals surface area contributed by atoms with Crippen LogP contribution in [0.25, 0.3) is 32.6 Å². The van der Waals surface area contributed by atoms with E-state index in [-0.39, 0.29) is 11.7 Å². The Kier molecular flexibility index (Phi) is 4.95.